The molecule has 8 nitrogen and oxygen atoms in total. The van der Waals surface area contributed by atoms with E-state index in [1.165, 1.54) is 0 Å². The van der Waals surface area contributed by atoms with E-state index in [1.807, 2.05) is 0 Å². The van der Waals surface area contributed by atoms with E-state index in [1.54, 1.807) is 5.01 Å². The third-order valence-electron chi connectivity index (χ3n) is 4.82. The average molecular weight is 419 g/mol. The molecular weight excluding hydrogens is 403 g/mol. The minimum Gasteiger partial charge on any atom is -0.477 e. The first kappa shape index (κ1) is 19.9. The van der Waals surface area contributed by atoms with Crippen molar-refractivity contribution < 1.29 is 23.1 Å². The summed E-state index contributed by atoms with van der Waals surface area (Å²) in [4.78, 5) is 28.1. The number of halogens is 3. The maximum atomic E-state index is 14.6. The van der Waals surface area contributed by atoms with Gasteiger partial charge in [-0.15, -0.1) is 0 Å². The Balaban J connectivity index is 1.95. The van der Waals surface area contributed by atoms with Crippen LogP contribution in [0.4, 0.5) is 19.0 Å². The number of carboxylic acids is 1. The van der Waals surface area contributed by atoms with Crippen molar-refractivity contribution in [3.63, 3.8) is 0 Å². The lowest BCUT2D eigenvalue weighted by Gasteiger charge is -2.19. The molecule has 2 aromatic heterocycles. The van der Waals surface area contributed by atoms with E-state index in [-0.39, 0.29) is 28.6 Å². The normalized spacial score (nSPS) is 16.9. The Morgan fingerprint density at radius 1 is 1.23 bits per heavy atom. The average Bonchev–Trinajstić information content (AvgIpc) is 3.08. The van der Waals surface area contributed by atoms with Crippen LogP contribution in [-0.4, -0.2) is 44.8 Å². The van der Waals surface area contributed by atoms with Crippen molar-refractivity contribution in [3.05, 3.63) is 63.7 Å². The highest BCUT2D eigenvalue weighted by Gasteiger charge is 2.23. The Bertz CT molecular complexity index is 1230. The topological polar surface area (TPSA) is 113 Å². The molecule has 156 valence electrons. The summed E-state index contributed by atoms with van der Waals surface area (Å²) >= 11 is 0. The summed E-state index contributed by atoms with van der Waals surface area (Å²) in [5.41, 5.74) is 6.48. The van der Waals surface area contributed by atoms with E-state index < -0.39 is 34.4 Å². The van der Waals surface area contributed by atoms with Gasteiger partial charge >= 0.3 is 5.97 Å². The summed E-state index contributed by atoms with van der Waals surface area (Å²) in [5, 5.41) is 10.6. The maximum absolute atomic E-state index is 14.6. The smallest absolute Gasteiger partial charge is 0.341 e. The minimum atomic E-state index is -1.58. The fourth-order valence-corrected chi connectivity index (χ4v) is 3.35. The number of nitrogens with two attached hydrogens (primary N) is 1. The summed E-state index contributed by atoms with van der Waals surface area (Å²) in [6.07, 6.45) is 1.57. The first-order valence-electron chi connectivity index (χ1n) is 8.96. The van der Waals surface area contributed by atoms with Crippen LogP contribution in [0.25, 0.3) is 16.7 Å². The summed E-state index contributed by atoms with van der Waals surface area (Å²) < 4.78 is 43.4. The molecule has 0 aliphatic carbocycles. The lowest BCUT2D eigenvalue weighted by Crippen LogP contribution is -2.32. The number of carboxylic acid groups (broad SMARTS) is 1. The quantitative estimate of drug-likeness (QED) is 0.592. The van der Waals surface area contributed by atoms with Crippen LogP contribution in [0.15, 0.2) is 35.3 Å². The molecule has 11 heteroatoms. The third-order valence-corrected chi connectivity index (χ3v) is 4.82. The van der Waals surface area contributed by atoms with Gasteiger partial charge in [0.25, 0.3) is 0 Å². The van der Waals surface area contributed by atoms with Gasteiger partial charge in [0.2, 0.25) is 5.43 Å². The number of hydrogen-bond acceptors (Lipinski definition) is 6. The molecule has 0 bridgehead atoms. The predicted octanol–water partition coefficient (Wildman–Crippen LogP) is 1.86. The van der Waals surface area contributed by atoms with Crippen molar-refractivity contribution in [2.24, 2.45) is 5.73 Å². The molecule has 30 heavy (non-hydrogen) atoms. The van der Waals surface area contributed by atoms with Gasteiger partial charge in [0.15, 0.2) is 17.3 Å². The lowest BCUT2D eigenvalue weighted by molar-refractivity contribution is 0.0695. The van der Waals surface area contributed by atoms with Crippen molar-refractivity contribution >= 4 is 22.8 Å². The molecule has 1 aliphatic heterocycles. The molecule has 3 heterocycles. The number of nitrogens with one attached hydrogen (secondary N) is 1. The predicted molar refractivity (Wildman–Crippen MR) is 102 cm³/mol. The molecule has 0 spiro atoms. The number of carbonyl (C=O) groups is 1. The number of fused-ring (bicyclic) bond motifs is 1. The molecule has 1 unspecified atom stereocenters. The standard InChI is InChI=1S/C19H16F3N5O3/c20-9-1-2-15(13(21)5-9)27-8-12(19(29)30)16(28)11-6-14(22)17(24-18(11)27)25-26-4-3-10(23)7-26/h1-2,5-6,8,10H,3-4,7,23H2,(H,24,25)(H,29,30). The lowest BCUT2D eigenvalue weighted by atomic mass is 10.1. The Morgan fingerprint density at radius 3 is 2.63 bits per heavy atom. The molecule has 0 saturated carbocycles. The summed E-state index contributed by atoms with van der Waals surface area (Å²) in [6.45, 7) is 0.980. The SMILES string of the molecule is NC1CCN(Nc2nc3c(cc2F)c(=O)c(C(=O)O)cn3-c2ccc(F)cc2F)C1. The number of pyridine rings is 2. The van der Waals surface area contributed by atoms with E-state index in [0.29, 0.717) is 25.6 Å². The second-order valence-electron chi connectivity index (χ2n) is 6.94. The van der Waals surface area contributed by atoms with Crippen LogP contribution in [0.5, 0.6) is 0 Å². The molecule has 3 aromatic rings. The van der Waals surface area contributed by atoms with Crippen LogP contribution in [0.1, 0.15) is 16.8 Å². The highest BCUT2D eigenvalue weighted by molar-refractivity contribution is 5.92. The number of aromatic nitrogens is 2. The fraction of sp³-hybridized carbons (Fsp3) is 0.211. The van der Waals surface area contributed by atoms with Crippen LogP contribution in [0.2, 0.25) is 0 Å². The van der Waals surface area contributed by atoms with Crippen molar-refractivity contribution in [2.45, 2.75) is 12.5 Å². The Hall–Kier alpha value is -3.44. The second-order valence-corrected chi connectivity index (χ2v) is 6.94. The number of rotatable bonds is 4. The number of aromatic carboxylic acids is 1. The first-order valence-corrected chi connectivity index (χ1v) is 8.96. The van der Waals surface area contributed by atoms with Crippen LogP contribution >= 0.6 is 0 Å². The number of hydrogen-bond donors (Lipinski definition) is 3. The second kappa shape index (κ2) is 7.43. The van der Waals surface area contributed by atoms with Crippen molar-refractivity contribution in [1.29, 1.82) is 0 Å². The Labute approximate surface area is 167 Å². The number of nitrogens with zero attached hydrogens (tertiary/aromatic N) is 3. The van der Waals surface area contributed by atoms with Gasteiger partial charge in [0, 0.05) is 31.4 Å². The van der Waals surface area contributed by atoms with E-state index in [0.717, 1.165) is 29.0 Å². The van der Waals surface area contributed by atoms with Gasteiger partial charge in [-0.3, -0.25) is 9.36 Å². The maximum Gasteiger partial charge on any atom is 0.341 e. The minimum absolute atomic E-state index is 0.0920. The molecule has 1 aliphatic rings. The number of benzene rings is 1. The summed E-state index contributed by atoms with van der Waals surface area (Å²) in [5.74, 6) is -4.56. The van der Waals surface area contributed by atoms with E-state index >= 15 is 0 Å². The Kier molecular flexibility index (Phi) is 4.92. The zero-order valence-corrected chi connectivity index (χ0v) is 15.4. The van der Waals surface area contributed by atoms with Crippen LogP contribution in [-0.2, 0) is 0 Å². The Morgan fingerprint density at radius 2 is 2.00 bits per heavy atom. The van der Waals surface area contributed by atoms with E-state index in [4.69, 9.17) is 5.73 Å². The van der Waals surface area contributed by atoms with Crippen LogP contribution in [0.3, 0.4) is 0 Å². The van der Waals surface area contributed by atoms with Crippen molar-refractivity contribution in [1.82, 2.24) is 14.6 Å². The summed E-state index contributed by atoms with van der Waals surface area (Å²) in [7, 11) is 0. The molecule has 4 rings (SSSR count). The van der Waals surface area contributed by atoms with Gasteiger partial charge in [0.1, 0.15) is 17.2 Å². The van der Waals surface area contributed by atoms with Gasteiger partial charge in [-0.1, -0.05) is 0 Å². The zero-order valence-electron chi connectivity index (χ0n) is 15.4. The molecule has 1 aromatic carbocycles. The molecule has 4 N–H and O–H groups in total. The van der Waals surface area contributed by atoms with Crippen LogP contribution < -0.4 is 16.6 Å². The van der Waals surface area contributed by atoms with E-state index in [2.05, 4.69) is 10.4 Å². The van der Waals surface area contributed by atoms with Gasteiger partial charge < -0.3 is 16.3 Å². The van der Waals surface area contributed by atoms with Gasteiger partial charge in [-0.2, -0.15) is 0 Å². The van der Waals surface area contributed by atoms with Crippen molar-refractivity contribution in [2.75, 3.05) is 18.5 Å². The fourth-order valence-electron chi connectivity index (χ4n) is 3.35. The highest BCUT2D eigenvalue weighted by atomic mass is 19.1. The van der Waals surface area contributed by atoms with Gasteiger partial charge in [-0.25, -0.2) is 28.0 Å². The monoisotopic (exact) mass is 419 g/mol. The number of hydrazine groups is 1. The highest BCUT2D eigenvalue weighted by Crippen LogP contribution is 2.24. The third kappa shape index (κ3) is 3.48. The zero-order chi connectivity index (χ0) is 21.6. The summed E-state index contributed by atoms with van der Waals surface area (Å²) in [6, 6.07) is 3.39. The van der Waals surface area contributed by atoms with Crippen LogP contribution in [0, 0.1) is 17.5 Å². The molecule has 0 radical (unpaired) electrons. The molecule has 1 fully saturated rings. The molecule has 1 atom stereocenters. The van der Waals surface area contributed by atoms with Crippen molar-refractivity contribution in [3.8, 4) is 5.69 Å². The first-order chi connectivity index (χ1) is 14.2. The van der Waals surface area contributed by atoms with Gasteiger partial charge in [-0.05, 0) is 24.6 Å². The van der Waals surface area contributed by atoms with E-state index in [9.17, 15) is 27.9 Å². The number of anilines is 1. The van der Waals surface area contributed by atoms with Gasteiger partial charge in [0.05, 0.1) is 11.1 Å². The molecule has 1 saturated heterocycles. The molecule has 0 amide bonds. The molecular formula is C19H16F3N5O3. The largest absolute Gasteiger partial charge is 0.477 e.